The summed E-state index contributed by atoms with van der Waals surface area (Å²) < 4.78 is 45.1. The van der Waals surface area contributed by atoms with E-state index in [0.717, 1.165) is 28.1 Å². The molecule has 0 radical (unpaired) electrons. The fourth-order valence-electron chi connectivity index (χ4n) is 10.5. The topological polar surface area (TPSA) is 24.1 Å². The van der Waals surface area contributed by atoms with Gasteiger partial charge in [-0.2, -0.15) is 0 Å². The quantitative estimate of drug-likeness (QED) is 0.158. The summed E-state index contributed by atoms with van der Waals surface area (Å²) >= 11 is 3.74. The summed E-state index contributed by atoms with van der Waals surface area (Å²) in [6.45, 7) is 0. The average molecular weight is 1010 g/mol. The van der Waals surface area contributed by atoms with Gasteiger partial charge in [-0.1, -0.05) is 212 Å². The minimum atomic E-state index is -0.401. The Labute approximate surface area is 456 Å². The molecule has 13 aromatic carbocycles. The number of thiophene rings is 2. The molecule has 0 atom stereocenters. The van der Waals surface area contributed by atoms with E-state index in [1.807, 2.05) is 46.9 Å². The predicted molar refractivity (Wildman–Crippen MR) is 332 cm³/mol. The van der Waals surface area contributed by atoms with Crippen molar-refractivity contribution < 1.29 is 6.85 Å². The molecule has 2 nitrogen and oxygen atoms in total. The van der Waals surface area contributed by atoms with Crippen molar-refractivity contribution in [3.05, 3.63) is 279 Å². The first-order valence-corrected chi connectivity index (χ1v) is 27.0. The number of hydrogen-bond acceptors (Lipinski definition) is 4. The Morgan fingerprint density at radius 3 is 1.13 bits per heavy atom. The second-order valence-electron chi connectivity index (χ2n) is 19.0. The molecule has 15 rings (SSSR count). The van der Waals surface area contributed by atoms with Crippen LogP contribution in [0.2, 0.25) is 0 Å². The fraction of sp³-hybridized carbons (Fsp3) is 0. The van der Waals surface area contributed by atoms with Crippen molar-refractivity contribution in [3.8, 4) is 44.5 Å². The largest absolute Gasteiger partial charge is 0.356 e. The maximum Gasteiger partial charge on any atom is 0.0645 e. The van der Waals surface area contributed by atoms with Crippen molar-refractivity contribution >= 4 is 118 Å². The molecule has 0 aliphatic heterocycles. The third-order valence-corrected chi connectivity index (χ3v) is 16.9. The number of fused-ring (bicyclic) bond motifs is 11. The molecule has 2 aromatic heterocycles. The van der Waals surface area contributed by atoms with Gasteiger partial charge in [0.15, 0.2) is 0 Å². The van der Waals surface area contributed by atoms with Crippen LogP contribution < -0.4 is 10.6 Å². The number of anilines is 4. The lowest BCUT2D eigenvalue weighted by atomic mass is 9.98. The zero-order valence-electron chi connectivity index (χ0n) is 46.0. The van der Waals surface area contributed by atoms with Crippen LogP contribution in [-0.4, -0.2) is 0 Å². The van der Waals surface area contributed by atoms with Gasteiger partial charge in [0.1, 0.15) is 0 Å². The van der Waals surface area contributed by atoms with E-state index in [1.54, 1.807) is 0 Å². The number of nitrogens with one attached hydrogen (secondary N) is 2. The number of para-hydroxylation sites is 1. The lowest BCUT2D eigenvalue weighted by molar-refractivity contribution is 1.54. The maximum absolute atomic E-state index is 8.13. The zero-order valence-corrected chi connectivity index (χ0v) is 42.6. The minimum absolute atomic E-state index is 0.0664. The van der Waals surface area contributed by atoms with E-state index in [4.69, 9.17) is 6.85 Å². The van der Waals surface area contributed by atoms with E-state index in [0.29, 0.717) is 5.69 Å². The summed E-state index contributed by atoms with van der Waals surface area (Å²) in [5.41, 5.74) is 12.2. The van der Waals surface area contributed by atoms with Crippen LogP contribution in [0.1, 0.15) is 6.85 Å². The number of benzene rings is 13. The van der Waals surface area contributed by atoms with Gasteiger partial charge >= 0.3 is 0 Å². The Morgan fingerprint density at radius 2 is 0.645 bits per heavy atom. The monoisotopic (exact) mass is 1010 g/mol. The van der Waals surface area contributed by atoms with Crippen molar-refractivity contribution in [1.82, 2.24) is 0 Å². The van der Waals surface area contributed by atoms with Crippen LogP contribution in [0.4, 0.5) is 22.7 Å². The van der Waals surface area contributed by atoms with Gasteiger partial charge in [-0.15, -0.1) is 22.7 Å². The van der Waals surface area contributed by atoms with Crippen molar-refractivity contribution in [2.75, 3.05) is 10.6 Å². The van der Waals surface area contributed by atoms with Crippen molar-refractivity contribution in [2.45, 2.75) is 0 Å². The first kappa shape index (κ1) is 40.1. The average Bonchev–Trinajstić information content (AvgIpc) is 4.13. The minimum Gasteiger partial charge on any atom is -0.356 e. The molecule has 0 fully saturated rings. The second kappa shape index (κ2) is 19.5. The van der Waals surface area contributed by atoms with Crippen LogP contribution in [-0.2, 0) is 0 Å². The maximum atomic E-state index is 8.13. The summed E-state index contributed by atoms with van der Waals surface area (Å²) in [6.07, 6.45) is 0. The standard InChI is InChI=1S/C38H25NS.C34H23NS/c1-3-9-32-28(6-1)8-5-11-36(32)39-31-20-16-26(17-21-31)25-12-14-27(15-13-25)30-19-23-37-35(24-30)34-22-18-29-7-2-4-10-33(29)38(34)40-37;1-2-7-28(8-3-1)35-29-18-14-24(15-19-29)23-10-12-25(13-11-23)27-17-21-33-32(22-27)31-20-16-26-6-4-5-9-30(26)34(31)36-33/h1-24,39H;1-22,35H/i;1D,2D,3D,7D,8D. The molecule has 0 unspecified atom stereocenters. The van der Waals surface area contributed by atoms with Gasteiger partial charge in [0.05, 0.1) is 6.85 Å². The van der Waals surface area contributed by atoms with Crippen LogP contribution in [0.5, 0.6) is 0 Å². The number of hydrogen-bond donors (Lipinski definition) is 2. The first-order chi connectivity index (χ1) is 39.7. The Balaban J connectivity index is 0.000000145. The van der Waals surface area contributed by atoms with Crippen LogP contribution in [0.15, 0.2) is 279 Å². The molecule has 15 aromatic rings. The van der Waals surface area contributed by atoms with Gasteiger partial charge < -0.3 is 10.6 Å². The number of rotatable bonds is 8. The van der Waals surface area contributed by atoms with Crippen molar-refractivity contribution in [3.63, 3.8) is 0 Å². The first-order valence-electron chi connectivity index (χ1n) is 27.9. The SMILES string of the molecule is [2H]c1c([2H])c([2H])c(Nc2ccc(-c3ccc(-c4ccc5sc6c7ccccc7ccc6c5c4)cc3)cc2)c([2H])c1[2H].c1ccc2c(Nc3ccc(-c4ccc(-c5ccc6sc7c8ccccc8ccc7c6c5)cc4)cc3)cccc2c1. The molecule has 4 heteroatoms. The summed E-state index contributed by atoms with van der Waals surface area (Å²) in [4.78, 5) is 0. The van der Waals surface area contributed by atoms with Gasteiger partial charge in [-0.05, 0) is 138 Å². The molecule has 0 spiro atoms. The molecule has 76 heavy (non-hydrogen) atoms. The van der Waals surface area contributed by atoms with Crippen LogP contribution in [0, 0.1) is 0 Å². The lowest BCUT2D eigenvalue weighted by Gasteiger charge is -2.11. The van der Waals surface area contributed by atoms with E-state index < -0.39 is 6.04 Å². The molecular formula is C72H48N2S2. The summed E-state index contributed by atoms with van der Waals surface area (Å²) in [7, 11) is 0. The molecule has 2 N–H and O–H groups in total. The lowest BCUT2D eigenvalue weighted by Crippen LogP contribution is -1.91. The van der Waals surface area contributed by atoms with Crippen LogP contribution >= 0.6 is 22.7 Å². The van der Waals surface area contributed by atoms with Gasteiger partial charge in [0.25, 0.3) is 0 Å². The molecule has 0 saturated heterocycles. The summed E-state index contributed by atoms with van der Waals surface area (Å²) in [5, 5.41) is 19.5. The van der Waals surface area contributed by atoms with Gasteiger partial charge in [0, 0.05) is 68.5 Å². The second-order valence-corrected chi connectivity index (χ2v) is 21.1. The molecule has 358 valence electrons. The van der Waals surface area contributed by atoms with Crippen LogP contribution in [0.3, 0.4) is 0 Å². The molecule has 0 aliphatic rings. The highest BCUT2D eigenvalue weighted by atomic mass is 32.1. The van der Waals surface area contributed by atoms with Gasteiger partial charge in [-0.25, -0.2) is 0 Å². The molecule has 0 aliphatic carbocycles. The Bertz CT molecular complexity index is 4880. The van der Waals surface area contributed by atoms with Gasteiger partial charge in [-0.3, -0.25) is 0 Å². The normalized spacial score (nSPS) is 12.3. The van der Waals surface area contributed by atoms with E-state index in [1.165, 1.54) is 100 Å². The summed E-state index contributed by atoms with van der Waals surface area (Å²) in [5.74, 6) is 0. The van der Waals surface area contributed by atoms with Crippen molar-refractivity contribution in [2.24, 2.45) is 0 Å². The highest BCUT2D eigenvalue weighted by Gasteiger charge is 2.13. The van der Waals surface area contributed by atoms with E-state index in [2.05, 4.69) is 235 Å². The molecule has 2 heterocycles. The van der Waals surface area contributed by atoms with Crippen molar-refractivity contribution in [1.29, 1.82) is 0 Å². The highest BCUT2D eigenvalue weighted by molar-refractivity contribution is 7.27. The van der Waals surface area contributed by atoms with E-state index in [-0.39, 0.29) is 29.9 Å². The highest BCUT2D eigenvalue weighted by Crippen LogP contribution is 2.42. The van der Waals surface area contributed by atoms with E-state index >= 15 is 0 Å². The molecule has 0 amide bonds. The molecule has 0 bridgehead atoms. The third-order valence-electron chi connectivity index (χ3n) is 14.4. The van der Waals surface area contributed by atoms with E-state index in [9.17, 15) is 0 Å². The summed E-state index contributed by atoms with van der Waals surface area (Å²) in [6, 6.07) is 86.7. The van der Waals surface area contributed by atoms with Crippen LogP contribution in [0.25, 0.3) is 117 Å². The Kier molecular flexibility index (Phi) is 10.3. The smallest absolute Gasteiger partial charge is 0.0645 e. The third kappa shape index (κ3) is 8.70. The molecular weight excluding hydrogens is 957 g/mol. The Morgan fingerprint density at radius 1 is 0.263 bits per heavy atom. The Hall–Kier alpha value is -9.32. The zero-order chi connectivity index (χ0) is 54.7. The van der Waals surface area contributed by atoms with Gasteiger partial charge in [0.2, 0.25) is 0 Å². The fourth-order valence-corrected chi connectivity index (χ4v) is 13.0. The predicted octanol–water partition coefficient (Wildman–Crippen LogP) is 21.7. The molecule has 0 saturated carbocycles.